The van der Waals surface area contributed by atoms with Crippen molar-refractivity contribution >= 4 is 33.1 Å². The molecule has 1 aliphatic heterocycles. The second-order valence-corrected chi connectivity index (χ2v) is 10.3. The molecule has 6 rings (SSSR count). The van der Waals surface area contributed by atoms with Crippen LogP contribution in [0.2, 0.25) is 0 Å². The minimum absolute atomic E-state index is 0.00877. The Balaban J connectivity index is 1.06. The van der Waals surface area contributed by atoms with E-state index in [0.717, 1.165) is 60.5 Å². The van der Waals surface area contributed by atoms with Crippen LogP contribution in [0, 0.1) is 0 Å². The molecule has 1 saturated heterocycles. The maximum atomic E-state index is 13.1. The van der Waals surface area contributed by atoms with Crippen molar-refractivity contribution < 1.29 is 4.79 Å². The number of pyridine rings is 1. The van der Waals surface area contributed by atoms with Gasteiger partial charge in [-0.1, -0.05) is 6.07 Å². The highest BCUT2D eigenvalue weighted by molar-refractivity contribution is 7.18. The van der Waals surface area contributed by atoms with Gasteiger partial charge in [-0.2, -0.15) is 0 Å². The van der Waals surface area contributed by atoms with Crippen LogP contribution in [0.25, 0.3) is 15.9 Å². The number of hydrogen-bond donors (Lipinski definition) is 0. The number of carbonyl (C=O) groups is 1. The predicted molar refractivity (Wildman–Crippen MR) is 132 cm³/mol. The van der Waals surface area contributed by atoms with Crippen molar-refractivity contribution in [3.8, 4) is 0 Å². The predicted octanol–water partition coefficient (Wildman–Crippen LogP) is 2.72. The van der Waals surface area contributed by atoms with Crippen LogP contribution in [-0.2, 0) is 30.7 Å². The lowest BCUT2D eigenvalue weighted by Gasteiger charge is -2.34. The lowest BCUT2D eigenvalue weighted by Crippen LogP contribution is -2.48. The summed E-state index contributed by atoms with van der Waals surface area (Å²) in [5.41, 5.74) is 3.21. The number of nitrogens with zero attached hydrogens (tertiary/aromatic N) is 6. The molecule has 0 bridgehead atoms. The molecule has 4 aromatic heterocycles. The van der Waals surface area contributed by atoms with E-state index in [1.165, 1.54) is 16.9 Å². The number of carbonyl (C=O) groups excluding carboxylic acids is 1. The summed E-state index contributed by atoms with van der Waals surface area (Å²) in [4.78, 5) is 41.6. The first-order valence-electron chi connectivity index (χ1n) is 12.1. The molecule has 0 atom stereocenters. The van der Waals surface area contributed by atoms with Gasteiger partial charge in [0.2, 0.25) is 5.91 Å². The summed E-state index contributed by atoms with van der Waals surface area (Å²) >= 11 is 1.66. The Hall–Kier alpha value is -3.04. The third-order valence-electron chi connectivity index (χ3n) is 7.03. The third-order valence-corrected chi connectivity index (χ3v) is 8.23. The van der Waals surface area contributed by atoms with Gasteiger partial charge >= 0.3 is 0 Å². The Bertz CT molecular complexity index is 1380. The van der Waals surface area contributed by atoms with E-state index in [1.54, 1.807) is 22.2 Å². The summed E-state index contributed by atoms with van der Waals surface area (Å²) in [5.74, 6) is 0.103. The molecule has 0 saturated carbocycles. The molecular formula is C25H28N6O2S. The van der Waals surface area contributed by atoms with E-state index >= 15 is 0 Å². The van der Waals surface area contributed by atoms with Gasteiger partial charge in [-0.15, -0.1) is 11.3 Å². The van der Waals surface area contributed by atoms with Gasteiger partial charge in [-0.25, -0.2) is 9.97 Å². The Morgan fingerprint density at radius 3 is 2.79 bits per heavy atom. The molecule has 2 aliphatic rings. The van der Waals surface area contributed by atoms with Crippen molar-refractivity contribution in [3.63, 3.8) is 0 Å². The molecule has 0 aromatic carbocycles. The summed E-state index contributed by atoms with van der Waals surface area (Å²) in [7, 11) is 0. The van der Waals surface area contributed by atoms with Gasteiger partial charge in [0.1, 0.15) is 10.5 Å². The van der Waals surface area contributed by atoms with Crippen molar-refractivity contribution in [2.24, 2.45) is 0 Å². The molecule has 0 spiro atoms. The average molecular weight is 477 g/mol. The molecule has 1 amide bonds. The Labute approximate surface area is 201 Å². The van der Waals surface area contributed by atoms with Crippen LogP contribution < -0.4 is 5.56 Å². The van der Waals surface area contributed by atoms with Crippen molar-refractivity contribution in [1.29, 1.82) is 0 Å². The van der Waals surface area contributed by atoms with Crippen molar-refractivity contribution in [3.05, 3.63) is 63.4 Å². The molecule has 0 unspecified atom stereocenters. The van der Waals surface area contributed by atoms with Gasteiger partial charge in [0, 0.05) is 63.0 Å². The fourth-order valence-electron chi connectivity index (χ4n) is 5.16. The van der Waals surface area contributed by atoms with E-state index in [4.69, 9.17) is 0 Å². The van der Waals surface area contributed by atoms with E-state index in [9.17, 15) is 9.59 Å². The maximum Gasteiger partial charge on any atom is 0.262 e. The first kappa shape index (κ1) is 21.5. The number of aromatic nitrogens is 4. The molecular weight excluding hydrogens is 448 g/mol. The molecule has 8 nitrogen and oxygen atoms in total. The largest absolute Gasteiger partial charge is 0.340 e. The van der Waals surface area contributed by atoms with Crippen LogP contribution in [0.4, 0.5) is 0 Å². The second kappa shape index (κ2) is 8.96. The van der Waals surface area contributed by atoms with E-state index in [2.05, 4.69) is 21.1 Å². The summed E-state index contributed by atoms with van der Waals surface area (Å²) in [6.07, 6.45) is 10.4. The Morgan fingerprint density at radius 1 is 1.09 bits per heavy atom. The molecule has 34 heavy (non-hydrogen) atoms. The average Bonchev–Trinajstić information content (AvgIpc) is 3.45. The molecule has 9 heteroatoms. The van der Waals surface area contributed by atoms with Gasteiger partial charge in [0.25, 0.3) is 5.56 Å². The number of thiophene rings is 1. The van der Waals surface area contributed by atoms with Gasteiger partial charge < -0.3 is 9.30 Å². The standard InChI is InChI=1S/C25H28N6O2S/c32-22(8-10-31-17-26-24-23(25(31)33)19-5-1-2-6-20(19)34-24)29-13-11-28(12-14-29)15-18-16-30-9-4-3-7-21(30)27-18/h3-4,7,9,16-17H,1-2,5-6,8,10-15H2. The smallest absolute Gasteiger partial charge is 0.262 e. The normalized spacial score (nSPS) is 16.9. The Morgan fingerprint density at radius 2 is 1.94 bits per heavy atom. The minimum atomic E-state index is 0.00877. The summed E-state index contributed by atoms with van der Waals surface area (Å²) < 4.78 is 3.66. The highest BCUT2D eigenvalue weighted by atomic mass is 32.1. The second-order valence-electron chi connectivity index (χ2n) is 9.24. The molecule has 1 fully saturated rings. The first-order chi connectivity index (χ1) is 16.7. The summed E-state index contributed by atoms with van der Waals surface area (Å²) in [5, 5.41) is 0.787. The van der Waals surface area contributed by atoms with Crippen LogP contribution in [0.5, 0.6) is 0 Å². The van der Waals surface area contributed by atoms with E-state index in [-0.39, 0.29) is 11.5 Å². The summed E-state index contributed by atoms with van der Waals surface area (Å²) in [6.45, 7) is 4.23. The van der Waals surface area contributed by atoms with Crippen molar-refractivity contribution in [2.45, 2.75) is 45.2 Å². The number of fused-ring (bicyclic) bond motifs is 4. The van der Waals surface area contributed by atoms with Gasteiger partial charge in [0.05, 0.1) is 17.4 Å². The fraction of sp³-hybridized carbons (Fsp3) is 0.440. The zero-order valence-corrected chi connectivity index (χ0v) is 20.0. The molecule has 4 aromatic rings. The van der Waals surface area contributed by atoms with Crippen LogP contribution in [0.1, 0.15) is 35.4 Å². The zero-order valence-electron chi connectivity index (χ0n) is 19.2. The van der Waals surface area contributed by atoms with Crippen LogP contribution in [-0.4, -0.2) is 60.8 Å². The van der Waals surface area contributed by atoms with Gasteiger partial charge in [0.15, 0.2) is 0 Å². The molecule has 0 N–H and O–H groups in total. The number of rotatable bonds is 5. The number of piperazine rings is 1. The van der Waals surface area contributed by atoms with E-state index in [0.29, 0.717) is 26.1 Å². The van der Waals surface area contributed by atoms with Crippen molar-refractivity contribution in [1.82, 2.24) is 28.7 Å². The van der Waals surface area contributed by atoms with E-state index < -0.39 is 0 Å². The lowest BCUT2D eigenvalue weighted by molar-refractivity contribution is -0.133. The highest BCUT2D eigenvalue weighted by Crippen LogP contribution is 2.33. The van der Waals surface area contributed by atoms with Gasteiger partial charge in [-0.05, 0) is 43.4 Å². The van der Waals surface area contributed by atoms with Crippen LogP contribution in [0.15, 0.2) is 41.7 Å². The maximum absolute atomic E-state index is 13.1. The van der Waals surface area contributed by atoms with Crippen LogP contribution >= 0.6 is 11.3 Å². The molecule has 1 aliphatic carbocycles. The number of imidazole rings is 1. The quantitative estimate of drug-likeness (QED) is 0.443. The monoisotopic (exact) mass is 476 g/mol. The van der Waals surface area contributed by atoms with E-state index in [1.807, 2.05) is 33.7 Å². The van der Waals surface area contributed by atoms with Crippen molar-refractivity contribution in [2.75, 3.05) is 26.2 Å². The Kier molecular flexibility index (Phi) is 5.66. The fourth-order valence-corrected chi connectivity index (χ4v) is 6.38. The topological polar surface area (TPSA) is 75.7 Å². The van der Waals surface area contributed by atoms with Crippen LogP contribution in [0.3, 0.4) is 0 Å². The lowest BCUT2D eigenvalue weighted by atomic mass is 9.97. The number of aryl methyl sites for hydroxylation is 3. The highest BCUT2D eigenvalue weighted by Gasteiger charge is 2.23. The minimum Gasteiger partial charge on any atom is -0.340 e. The zero-order chi connectivity index (χ0) is 23.1. The molecule has 176 valence electrons. The molecule has 0 radical (unpaired) electrons. The first-order valence-corrected chi connectivity index (χ1v) is 12.9. The third kappa shape index (κ3) is 4.03. The SMILES string of the molecule is O=C(CCn1cnc2sc3c(c2c1=O)CCCC3)N1CCN(Cc2cn3ccccc3n2)CC1. The summed E-state index contributed by atoms with van der Waals surface area (Å²) in [6, 6.07) is 6.00. The number of hydrogen-bond acceptors (Lipinski definition) is 6. The molecule has 5 heterocycles. The van der Waals surface area contributed by atoms with Gasteiger partial charge in [-0.3, -0.25) is 19.1 Å². The number of amides is 1.